The highest BCUT2D eigenvalue weighted by Crippen LogP contribution is 2.25. The van der Waals surface area contributed by atoms with Gasteiger partial charge in [-0.2, -0.15) is 0 Å². The summed E-state index contributed by atoms with van der Waals surface area (Å²) in [7, 11) is 1.71. The van der Waals surface area contributed by atoms with Crippen molar-refractivity contribution >= 4 is 5.91 Å². The van der Waals surface area contributed by atoms with Crippen molar-refractivity contribution in [3.05, 3.63) is 72.1 Å². The Kier molecular flexibility index (Phi) is 5.74. The van der Waals surface area contributed by atoms with E-state index in [2.05, 4.69) is 5.32 Å². The molecule has 4 rings (SSSR count). The maximum atomic E-state index is 13.0. The van der Waals surface area contributed by atoms with Crippen LogP contribution in [-0.2, 0) is 0 Å². The highest BCUT2D eigenvalue weighted by molar-refractivity contribution is 5.93. The molecule has 1 unspecified atom stereocenters. The molecule has 1 aliphatic heterocycles. The van der Waals surface area contributed by atoms with Gasteiger partial charge in [-0.05, 0) is 44.0 Å². The summed E-state index contributed by atoms with van der Waals surface area (Å²) >= 11 is 0. The third-order valence-corrected chi connectivity index (χ3v) is 5.36. The van der Waals surface area contributed by atoms with Crippen molar-refractivity contribution in [3.63, 3.8) is 0 Å². The van der Waals surface area contributed by atoms with Gasteiger partial charge in [0.25, 0.3) is 5.91 Å². The normalized spacial score (nSPS) is 15.3. The monoisotopic (exact) mass is 390 g/mol. The van der Waals surface area contributed by atoms with Gasteiger partial charge in [0, 0.05) is 30.5 Å². The van der Waals surface area contributed by atoms with Crippen LogP contribution in [0.2, 0.25) is 0 Å². The van der Waals surface area contributed by atoms with E-state index in [1.807, 2.05) is 70.3 Å². The van der Waals surface area contributed by atoms with Gasteiger partial charge in [0.05, 0.1) is 0 Å². The zero-order chi connectivity index (χ0) is 20.2. The lowest BCUT2D eigenvalue weighted by Crippen LogP contribution is -2.35. The van der Waals surface area contributed by atoms with E-state index < -0.39 is 6.23 Å². The average Bonchev–Trinajstić information content (AvgIpc) is 3.25. The molecular weight excluding hydrogens is 364 g/mol. The molecule has 1 aliphatic rings. The fourth-order valence-electron chi connectivity index (χ4n) is 3.71. The molecule has 3 aromatic rings. The van der Waals surface area contributed by atoms with Crippen molar-refractivity contribution in [2.45, 2.75) is 25.5 Å². The minimum absolute atomic E-state index is 0.0112. The summed E-state index contributed by atoms with van der Waals surface area (Å²) in [4.78, 5) is 19.6. The fourth-order valence-corrected chi connectivity index (χ4v) is 3.71. The maximum absolute atomic E-state index is 13.0. The zero-order valence-electron chi connectivity index (χ0n) is 16.6. The molecule has 6 heteroatoms. The van der Waals surface area contributed by atoms with Crippen molar-refractivity contribution in [1.29, 1.82) is 0 Å². The van der Waals surface area contributed by atoms with Crippen molar-refractivity contribution in [1.82, 2.24) is 19.8 Å². The number of hydrogen-bond acceptors (Lipinski definition) is 4. The van der Waals surface area contributed by atoms with Crippen molar-refractivity contribution in [3.8, 4) is 17.1 Å². The molecule has 2 heterocycles. The fraction of sp³-hybridized carbons (Fsp3) is 0.304. The number of aliphatic hydroxyl groups is 1. The lowest BCUT2D eigenvalue weighted by Gasteiger charge is -2.25. The van der Waals surface area contributed by atoms with Crippen LogP contribution in [0.4, 0.5) is 0 Å². The average molecular weight is 390 g/mol. The summed E-state index contributed by atoms with van der Waals surface area (Å²) in [5.74, 6) is 0.718. The van der Waals surface area contributed by atoms with Gasteiger partial charge in [0.2, 0.25) is 0 Å². The first-order valence-electron chi connectivity index (χ1n) is 10.1. The topological polar surface area (TPSA) is 70.4 Å². The Labute approximate surface area is 170 Å². The zero-order valence-corrected chi connectivity index (χ0v) is 16.6. The molecule has 0 radical (unpaired) electrons. The highest BCUT2D eigenvalue weighted by atomic mass is 16.3. The van der Waals surface area contributed by atoms with Crippen LogP contribution in [0.25, 0.3) is 17.1 Å². The summed E-state index contributed by atoms with van der Waals surface area (Å²) in [6, 6.07) is 17.5. The van der Waals surface area contributed by atoms with Crippen molar-refractivity contribution in [2.75, 3.05) is 20.1 Å². The second-order valence-electron chi connectivity index (χ2n) is 7.32. The van der Waals surface area contributed by atoms with Crippen LogP contribution >= 0.6 is 0 Å². The molecule has 1 fully saturated rings. The highest BCUT2D eigenvalue weighted by Gasteiger charge is 2.23. The number of carbonyl (C=O) groups is 1. The molecule has 0 spiro atoms. The van der Waals surface area contributed by atoms with Crippen LogP contribution in [0.15, 0.2) is 60.8 Å². The number of nitrogens with zero attached hydrogens (tertiary/aromatic N) is 3. The Hall–Kier alpha value is -2.96. The Bertz CT molecular complexity index is 960. The summed E-state index contributed by atoms with van der Waals surface area (Å²) in [5.41, 5.74) is 3.08. The minimum atomic E-state index is -0.711. The molecule has 1 atom stereocenters. The number of carbonyl (C=O) groups excluding carboxylic acids is 1. The van der Waals surface area contributed by atoms with Gasteiger partial charge in [-0.3, -0.25) is 14.7 Å². The van der Waals surface area contributed by atoms with E-state index in [4.69, 9.17) is 4.98 Å². The van der Waals surface area contributed by atoms with E-state index in [1.54, 1.807) is 7.05 Å². The maximum Gasteiger partial charge on any atom is 0.274 e. The van der Waals surface area contributed by atoms with E-state index in [0.29, 0.717) is 5.69 Å². The lowest BCUT2D eigenvalue weighted by molar-refractivity contribution is 0.0719. The summed E-state index contributed by atoms with van der Waals surface area (Å²) < 4.78 is 1.95. The predicted molar refractivity (Wildman–Crippen MR) is 113 cm³/mol. The number of aromatic nitrogens is 2. The van der Waals surface area contributed by atoms with Crippen LogP contribution in [-0.4, -0.2) is 45.6 Å². The van der Waals surface area contributed by atoms with Gasteiger partial charge in [-0.1, -0.05) is 42.5 Å². The summed E-state index contributed by atoms with van der Waals surface area (Å²) in [6.45, 7) is 1.59. The largest absolute Gasteiger partial charge is 0.374 e. The van der Waals surface area contributed by atoms with Gasteiger partial charge >= 0.3 is 0 Å². The number of imidazole rings is 1. The van der Waals surface area contributed by atoms with E-state index in [-0.39, 0.29) is 5.91 Å². The van der Waals surface area contributed by atoms with Crippen LogP contribution < -0.4 is 5.32 Å². The molecule has 0 saturated carbocycles. The Morgan fingerprint density at radius 3 is 2.38 bits per heavy atom. The second kappa shape index (κ2) is 8.59. The van der Waals surface area contributed by atoms with Crippen LogP contribution in [0.1, 0.15) is 41.5 Å². The van der Waals surface area contributed by atoms with Crippen molar-refractivity contribution in [2.24, 2.45) is 0 Å². The van der Waals surface area contributed by atoms with Crippen molar-refractivity contribution < 1.29 is 9.90 Å². The van der Waals surface area contributed by atoms with Gasteiger partial charge in [0.1, 0.15) is 17.7 Å². The van der Waals surface area contributed by atoms with Gasteiger partial charge < -0.3 is 10.0 Å². The summed E-state index contributed by atoms with van der Waals surface area (Å²) in [5, 5.41) is 12.8. The second-order valence-corrected chi connectivity index (χ2v) is 7.32. The smallest absolute Gasteiger partial charge is 0.274 e. The van der Waals surface area contributed by atoms with E-state index in [0.717, 1.165) is 48.6 Å². The first kappa shape index (κ1) is 19.4. The van der Waals surface area contributed by atoms with Crippen LogP contribution in [0.5, 0.6) is 0 Å². The molecule has 2 aromatic carbocycles. The number of amides is 1. The number of rotatable bonds is 5. The number of likely N-dealkylation sites (tertiary alicyclic amines) is 1. The molecule has 2 N–H and O–H groups in total. The Morgan fingerprint density at radius 1 is 1.03 bits per heavy atom. The third kappa shape index (κ3) is 4.09. The van der Waals surface area contributed by atoms with Gasteiger partial charge in [0.15, 0.2) is 0 Å². The Balaban J connectivity index is 1.73. The minimum Gasteiger partial charge on any atom is -0.374 e. The lowest BCUT2D eigenvalue weighted by atomic mass is 10.1. The number of aliphatic hydroxyl groups excluding tert-OH is 1. The third-order valence-electron chi connectivity index (χ3n) is 5.36. The predicted octanol–water partition coefficient (Wildman–Crippen LogP) is 3.38. The first-order valence-corrected chi connectivity index (χ1v) is 10.1. The van der Waals surface area contributed by atoms with Crippen LogP contribution in [0, 0.1) is 0 Å². The molecule has 29 heavy (non-hydrogen) atoms. The quantitative estimate of drug-likeness (QED) is 0.656. The van der Waals surface area contributed by atoms with Crippen LogP contribution in [0.3, 0.4) is 0 Å². The van der Waals surface area contributed by atoms with Gasteiger partial charge in [-0.25, -0.2) is 4.98 Å². The number of hydrogen-bond donors (Lipinski definition) is 2. The molecule has 6 nitrogen and oxygen atoms in total. The first-order chi connectivity index (χ1) is 14.2. The Morgan fingerprint density at radius 2 is 1.72 bits per heavy atom. The standard InChI is InChI=1S/C23H26N4O2/c1-24-22(28)18-10-12-19(13-11-18)27-16-20(23(29)26-14-6-3-7-15-26)25-21(27)17-8-4-2-5-9-17/h2,4-5,8-13,16,22,24,28H,3,6-7,14-15H2,1H3. The molecule has 150 valence electrons. The number of benzene rings is 2. The molecule has 1 saturated heterocycles. The summed E-state index contributed by atoms with van der Waals surface area (Å²) in [6.07, 6.45) is 4.39. The van der Waals surface area contributed by atoms with Gasteiger partial charge in [-0.15, -0.1) is 0 Å². The molecule has 1 amide bonds. The van der Waals surface area contributed by atoms with E-state index >= 15 is 0 Å². The number of piperidine rings is 1. The molecule has 0 aliphatic carbocycles. The molecule has 1 aromatic heterocycles. The molecule has 0 bridgehead atoms. The van der Waals surface area contributed by atoms with E-state index in [9.17, 15) is 9.90 Å². The van der Waals surface area contributed by atoms with E-state index in [1.165, 1.54) is 6.42 Å². The SMILES string of the molecule is CNC(O)c1ccc(-n2cc(C(=O)N3CCCCC3)nc2-c2ccccc2)cc1. The number of nitrogens with one attached hydrogen (secondary N) is 1. The molecular formula is C23H26N4O2.